The number of carbonyl (C=O) groups is 1. The molecule has 0 saturated heterocycles. The normalized spacial score (nSPS) is 19.3. The lowest BCUT2D eigenvalue weighted by atomic mass is 9.80. The van der Waals surface area contributed by atoms with Crippen molar-refractivity contribution in [3.8, 4) is 11.5 Å². The van der Waals surface area contributed by atoms with Gasteiger partial charge >= 0.3 is 12.3 Å². The molecular weight excluding hydrogens is 246 g/mol. The Hall–Kier alpha value is -1.85. The van der Waals surface area contributed by atoms with E-state index in [2.05, 4.69) is 9.47 Å². The average molecular weight is 258 g/mol. The van der Waals surface area contributed by atoms with E-state index in [1.54, 1.807) is 6.92 Å². The molecule has 1 aliphatic rings. The maximum atomic E-state index is 12.8. The zero-order valence-electron chi connectivity index (χ0n) is 9.87. The lowest BCUT2D eigenvalue weighted by molar-refractivity contribution is -0.286. The van der Waals surface area contributed by atoms with Crippen LogP contribution >= 0.6 is 0 Å². The summed E-state index contributed by atoms with van der Waals surface area (Å²) >= 11 is 0. The SMILES string of the molecule is CCC(C)(C(=O)O)c1ccc2c(c1)OC(F)(F)O2. The molecule has 18 heavy (non-hydrogen) atoms. The van der Waals surface area contributed by atoms with Crippen LogP contribution in [0.3, 0.4) is 0 Å². The van der Waals surface area contributed by atoms with Gasteiger partial charge in [-0.25, -0.2) is 0 Å². The first-order valence-electron chi connectivity index (χ1n) is 5.42. The summed E-state index contributed by atoms with van der Waals surface area (Å²) in [6.07, 6.45) is -3.36. The van der Waals surface area contributed by atoms with Crippen LogP contribution in [0.1, 0.15) is 25.8 Å². The predicted molar refractivity (Wildman–Crippen MR) is 57.9 cm³/mol. The summed E-state index contributed by atoms with van der Waals surface area (Å²) in [5.74, 6) is -1.25. The quantitative estimate of drug-likeness (QED) is 0.905. The molecule has 0 fully saturated rings. The fourth-order valence-corrected chi connectivity index (χ4v) is 1.77. The monoisotopic (exact) mass is 258 g/mol. The van der Waals surface area contributed by atoms with Crippen molar-refractivity contribution in [2.75, 3.05) is 0 Å². The van der Waals surface area contributed by atoms with Gasteiger partial charge in [-0.15, -0.1) is 8.78 Å². The van der Waals surface area contributed by atoms with E-state index in [4.69, 9.17) is 0 Å². The predicted octanol–water partition coefficient (Wildman–Crippen LogP) is 2.76. The van der Waals surface area contributed by atoms with Crippen LogP contribution in [0.4, 0.5) is 8.78 Å². The van der Waals surface area contributed by atoms with E-state index in [9.17, 15) is 18.7 Å². The van der Waals surface area contributed by atoms with Crippen molar-refractivity contribution in [3.05, 3.63) is 23.8 Å². The molecule has 1 aromatic rings. The summed E-state index contributed by atoms with van der Waals surface area (Å²) in [5.41, 5.74) is -0.742. The lowest BCUT2D eigenvalue weighted by Gasteiger charge is -2.23. The number of aliphatic carboxylic acids is 1. The highest BCUT2D eigenvalue weighted by Crippen LogP contribution is 2.43. The van der Waals surface area contributed by atoms with Crippen LogP contribution in [-0.4, -0.2) is 17.4 Å². The van der Waals surface area contributed by atoms with E-state index in [-0.39, 0.29) is 11.5 Å². The minimum absolute atomic E-state index is 0.0902. The van der Waals surface area contributed by atoms with E-state index in [0.717, 1.165) is 0 Å². The summed E-state index contributed by atoms with van der Waals surface area (Å²) < 4.78 is 34.2. The van der Waals surface area contributed by atoms with Crippen LogP contribution in [0.25, 0.3) is 0 Å². The Bertz CT molecular complexity index is 501. The number of fused-ring (bicyclic) bond motifs is 1. The van der Waals surface area contributed by atoms with Gasteiger partial charge in [0.2, 0.25) is 0 Å². The average Bonchev–Trinajstić information content (AvgIpc) is 2.60. The number of ether oxygens (including phenoxy) is 2. The Morgan fingerprint density at radius 1 is 1.39 bits per heavy atom. The highest BCUT2D eigenvalue weighted by atomic mass is 19.3. The summed E-state index contributed by atoms with van der Waals surface area (Å²) in [4.78, 5) is 11.3. The molecule has 1 N–H and O–H groups in total. The summed E-state index contributed by atoms with van der Waals surface area (Å²) in [6, 6.07) is 4.04. The molecule has 0 aliphatic carbocycles. The summed E-state index contributed by atoms with van der Waals surface area (Å²) in [7, 11) is 0. The first-order valence-corrected chi connectivity index (χ1v) is 5.42. The van der Waals surface area contributed by atoms with Gasteiger partial charge < -0.3 is 14.6 Å². The molecule has 4 nitrogen and oxygen atoms in total. The van der Waals surface area contributed by atoms with Crippen molar-refractivity contribution in [2.24, 2.45) is 0 Å². The smallest absolute Gasteiger partial charge is 0.481 e. The number of carboxylic acid groups (broad SMARTS) is 1. The molecule has 1 unspecified atom stereocenters. The highest BCUT2D eigenvalue weighted by molar-refractivity contribution is 5.81. The van der Waals surface area contributed by atoms with E-state index in [1.165, 1.54) is 25.1 Å². The second-order valence-corrected chi connectivity index (χ2v) is 4.32. The molecule has 0 amide bonds. The van der Waals surface area contributed by atoms with E-state index in [1.807, 2.05) is 0 Å². The largest absolute Gasteiger partial charge is 0.586 e. The Morgan fingerprint density at radius 3 is 2.56 bits per heavy atom. The fourth-order valence-electron chi connectivity index (χ4n) is 1.77. The van der Waals surface area contributed by atoms with E-state index < -0.39 is 17.7 Å². The molecule has 0 aromatic heterocycles. The molecule has 0 spiro atoms. The van der Waals surface area contributed by atoms with Gasteiger partial charge in [-0.2, -0.15) is 0 Å². The first-order chi connectivity index (χ1) is 8.28. The lowest BCUT2D eigenvalue weighted by Crippen LogP contribution is -2.31. The number of hydrogen-bond donors (Lipinski definition) is 1. The first kappa shape index (κ1) is 12.6. The van der Waals surface area contributed by atoms with Gasteiger partial charge in [0.1, 0.15) is 0 Å². The number of alkyl halides is 2. The Kier molecular flexibility index (Phi) is 2.68. The van der Waals surface area contributed by atoms with Crippen molar-refractivity contribution in [2.45, 2.75) is 32.0 Å². The van der Waals surface area contributed by atoms with Gasteiger partial charge in [0, 0.05) is 0 Å². The molecule has 2 rings (SSSR count). The zero-order valence-corrected chi connectivity index (χ0v) is 9.87. The third kappa shape index (κ3) is 1.87. The molecular formula is C12H12F2O4. The van der Waals surface area contributed by atoms with Crippen LogP contribution in [0.5, 0.6) is 11.5 Å². The molecule has 98 valence electrons. The molecule has 1 aliphatic heterocycles. The fraction of sp³-hybridized carbons (Fsp3) is 0.417. The number of hydrogen-bond acceptors (Lipinski definition) is 3. The second kappa shape index (κ2) is 3.83. The molecule has 6 heteroatoms. The van der Waals surface area contributed by atoms with Crippen molar-refractivity contribution < 1.29 is 28.2 Å². The summed E-state index contributed by atoms with van der Waals surface area (Å²) in [6.45, 7) is 3.25. The van der Waals surface area contributed by atoms with Gasteiger partial charge in [0.05, 0.1) is 5.41 Å². The van der Waals surface area contributed by atoms with Gasteiger partial charge in [0.15, 0.2) is 11.5 Å². The minimum atomic E-state index is -3.69. The van der Waals surface area contributed by atoms with Crippen molar-refractivity contribution in [1.82, 2.24) is 0 Å². The minimum Gasteiger partial charge on any atom is -0.481 e. The van der Waals surface area contributed by atoms with Crippen molar-refractivity contribution in [1.29, 1.82) is 0 Å². The molecule has 0 radical (unpaired) electrons. The topological polar surface area (TPSA) is 55.8 Å². The Labute approximate surface area is 102 Å². The van der Waals surface area contributed by atoms with Crippen molar-refractivity contribution in [3.63, 3.8) is 0 Å². The van der Waals surface area contributed by atoms with Crippen LogP contribution in [0, 0.1) is 0 Å². The number of carboxylic acids is 1. The summed E-state index contributed by atoms with van der Waals surface area (Å²) in [5, 5.41) is 9.22. The van der Waals surface area contributed by atoms with Gasteiger partial charge in [0.25, 0.3) is 0 Å². The van der Waals surface area contributed by atoms with E-state index in [0.29, 0.717) is 12.0 Å². The maximum absolute atomic E-state index is 12.8. The standard InChI is InChI=1S/C12H12F2O4/c1-3-11(2,10(15)16)7-4-5-8-9(6-7)18-12(13,14)17-8/h4-6H,3H2,1-2H3,(H,15,16). The van der Waals surface area contributed by atoms with Crippen molar-refractivity contribution >= 4 is 5.97 Å². The maximum Gasteiger partial charge on any atom is 0.586 e. The molecule has 0 bridgehead atoms. The van der Waals surface area contributed by atoms with Crippen LogP contribution in [-0.2, 0) is 10.2 Å². The Balaban J connectivity index is 2.43. The van der Waals surface area contributed by atoms with Crippen LogP contribution in [0.15, 0.2) is 18.2 Å². The third-order valence-electron chi connectivity index (χ3n) is 3.22. The van der Waals surface area contributed by atoms with Crippen LogP contribution in [0.2, 0.25) is 0 Å². The number of benzene rings is 1. The van der Waals surface area contributed by atoms with Gasteiger partial charge in [-0.05, 0) is 31.0 Å². The van der Waals surface area contributed by atoms with Gasteiger partial charge in [-0.3, -0.25) is 4.79 Å². The molecule has 1 aromatic carbocycles. The van der Waals surface area contributed by atoms with Crippen LogP contribution < -0.4 is 9.47 Å². The molecule has 0 saturated carbocycles. The zero-order chi connectivity index (χ0) is 13.6. The molecule has 1 atom stereocenters. The highest BCUT2D eigenvalue weighted by Gasteiger charge is 2.44. The second-order valence-electron chi connectivity index (χ2n) is 4.32. The molecule has 1 heterocycles. The van der Waals surface area contributed by atoms with Gasteiger partial charge in [-0.1, -0.05) is 13.0 Å². The van der Waals surface area contributed by atoms with E-state index >= 15 is 0 Å². The number of halogens is 2. The number of rotatable bonds is 3. The Morgan fingerprint density at radius 2 is 2.00 bits per heavy atom. The third-order valence-corrected chi connectivity index (χ3v) is 3.22.